The number of hydrogen-bond donors (Lipinski definition) is 2. The number of carbonyl (C=O) groups is 3. The van der Waals surface area contributed by atoms with Gasteiger partial charge in [-0.1, -0.05) is 27.2 Å². The highest BCUT2D eigenvalue weighted by Gasteiger charge is 2.31. The Morgan fingerprint density at radius 1 is 1.17 bits per heavy atom. The number of piperazine rings is 1. The van der Waals surface area contributed by atoms with Crippen LogP contribution in [0.1, 0.15) is 33.6 Å². The zero-order valence-corrected chi connectivity index (χ0v) is 14.8. The summed E-state index contributed by atoms with van der Waals surface area (Å²) in [6, 6.07) is -0.819. The third-order valence-corrected chi connectivity index (χ3v) is 4.02. The highest BCUT2D eigenvalue weighted by molar-refractivity contribution is 5.78. The van der Waals surface area contributed by atoms with Gasteiger partial charge >= 0.3 is 12.1 Å². The molecule has 0 aromatic heterocycles. The first-order chi connectivity index (χ1) is 11.4. The molecule has 24 heavy (non-hydrogen) atoms. The van der Waals surface area contributed by atoms with E-state index in [0.717, 1.165) is 12.8 Å². The molecule has 0 aliphatic carbocycles. The minimum absolute atomic E-state index is 0.0155. The largest absolute Gasteiger partial charge is 0.480 e. The number of hydrogen-bond acceptors (Lipinski definition) is 5. The van der Waals surface area contributed by atoms with Crippen molar-refractivity contribution in [2.24, 2.45) is 5.92 Å². The molecule has 1 atom stereocenters. The molecule has 2 amide bonds. The third-order valence-electron chi connectivity index (χ3n) is 4.02. The predicted molar refractivity (Wildman–Crippen MR) is 88.7 cm³/mol. The summed E-state index contributed by atoms with van der Waals surface area (Å²) in [5.41, 5.74) is 0. The third kappa shape index (κ3) is 6.35. The van der Waals surface area contributed by atoms with Gasteiger partial charge in [-0.2, -0.15) is 0 Å². The Morgan fingerprint density at radius 2 is 1.79 bits per heavy atom. The number of nitrogens with zero attached hydrogens (tertiary/aromatic N) is 2. The molecule has 0 radical (unpaired) electrons. The van der Waals surface area contributed by atoms with Crippen LogP contribution < -0.4 is 5.32 Å². The van der Waals surface area contributed by atoms with Gasteiger partial charge in [-0.05, 0) is 6.42 Å². The first-order valence-corrected chi connectivity index (χ1v) is 8.53. The minimum Gasteiger partial charge on any atom is -0.480 e. The van der Waals surface area contributed by atoms with E-state index in [9.17, 15) is 19.5 Å². The van der Waals surface area contributed by atoms with Crippen LogP contribution in [0.25, 0.3) is 0 Å². The smallest absolute Gasteiger partial charge is 0.407 e. The van der Waals surface area contributed by atoms with E-state index < -0.39 is 18.1 Å². The first-order valence-electron chi connectivity index (χ1n) is 8.53. The molecule has 138 valence electrons. The molecule has 0 aromatic rings. The molecule has 8 nitrogen and oxygen atoms in total. The Labute approximate surface area is 143 Å². The first kappa shape index (κ1) is 20.2. The van der Waals surface area contributed by atoms with E-state index in [1.165, 1.54) is 0 Å². The molecule has 2 N–H and O–H groups in total. The highest BCUT2D eigenvalue weighted by atomic mass is 16.5. The van der Waals surface area contributed by atoms with Gasteiger partial charge in [0.2, 0.25) is 5.91 Å². The summed E-state index contributed by atoms with van der Waals surface area (Å²) in [7, 11) is 0. The molecule has 1 saturated heterocycles. The number of carboxylic acid groups (broad SMARTS) is 1. The Bertz CT molecular complexity index is 433. The second-order valence-corrected chi connectivity index (χ2v) is 6.24. The van der Waals surface area contributed by atoms with Crippen molar-refractivity contribution < 1.29 is 24.2 Å². The molecular formula is C16H29N3O5. The van der Waals surface area contributed by atoms with Gasteiger partial charge in [0.25, 0.3) is 0 Å². The molecular weight excluding hydrogens is 314 g/mol. The number of nitrogens with one attached hydrogen (secondary N) is 1. The summed E-state index contributed by atoms with van der Waals surface area (Å²) in [6.07, 6.45) is 1.11. The number of carbonyl (C=O) groups excluding carboxylic acids is 2. The van der Waals surface area contributed by atoms with E-state index in [2.05, 4.69) is 5.32 Å². The van der Waals surface area contributed by atoms with Gasteiger partial charge in [-0.25, -0.2) is 4.79 Å². The zero-order chi connectivity index (χ0) is 18.1. The lowest BCUT2D eigenvalue weighted by Gasteiger charge is -2.38. The maximum absolute atomic E-state index is 12.0. The second-order valence-electron chi connectivity index (χ2n) is 6.24. The summed E-state index contributed by atoms with van der Waals surface area (Å²) in [4.78, 5) is 38.5. The fourth-order valence-electron chi connectivity index (χ4n) is 2.53. The van der Waals surface area contributed by atoms with Crippen molar-refractivity contribution >= 4 is 18.0 Å². The number of aliphatic carboxylic acids is 1. The van der Waals surface area contributed by atoms with Crippen LogP contribution >= 0.6 is 0 Å². The van der Waals surface area contributed by atoms with Crippen LogP contribution in [0.2, 0.25) is 0 Å². The van der Waals surface area contributed by atoms with Gasteiger partial charge in [-0.3, -0.25) is 14.5 Å². The van der Waals surface area contributed by atoms with Crippen LogP contribution in [0.15, 0.2) is 0 Å². The SMILES string of the molecule is CCCCOC(=O)NCC(C(=O)O)N1CCN(C(=O)C(C)C)CC1. The van der Waals surface area contributed by atoms with Crippen LogP contribution in [-0.2, 0) is 14.3 Å². The fourth-order valence-corrected chi connectivity index (χ4v) is 2.53. The molecule has 0 spiro atoms. The van der Waals surface area contributed by atoms with Crippen molar-refractivity contribution in [2.45, 2.75) is 39.7 Å². The maximum atomic E-state index is 12.0. The minimum atomic E-state index is -0.993. The highest BCUT2D eigenvalue weighted by Crippen LogP contribution is 2.10. The molecule has 0 saturated carbocycles. The topological polar surface area (TPSA) is 99.2 Å². The Balaban J connectivity index is 2.45. The summed E-state index contributed by atoms with van der Waals surface area (Å²) < 4.78 is 4.96. The average molecular weight is 343 g/mol. The van der Waals surface area contributed by atoms with E-state index >= 15 is 0 Å². The number of ether oxygens (including phenoxy) is 1. The number of unbranched alkanes of at least 4 members (excludes halogenated alkanes) is 1. The molecule has 0 bridgehead atoms. The van der Waals surface area contributed by atoms with Crippen molar-refractivity contribution in [1.29, 1.82) is 0 Å². The fraction of sp³-hybridized carbons (Fsp3) is 0.812. The van der Waals surface area contributed by atoms with Crippen molar-refractivity contribution in [2.75, 3.05) is 39.3 Å². The molecule has 1 rings (SSSR count). The molecule has 1 unspecified atom stereocenters. The summed E-state index contributed by atoms with van der Waals surface area (Å²) in [5, 5.41) is 11.9. The number of alkyl carbamates (subject to hydrolysis) is 1. The summed E-state index contributed by atoms with van der Waals surface area (Å²) in [5.74, 6) is -0.974. The maximum Gasteiger partial charge on any atom is 0.407 e. The molecule has 8 heteroatoms. The van der Waals surface area contributed by atoms with E-state index in [1.54, 1.807) is 9.80 Å². The van der Waals surface area contributed by atoms with E-state index in [0.29, 0.717) is 32.8 Å². The lowest BCUT2D eigenvalue weighted by atomic mass is 10.1. The van der Waals surface area contributed by atoms with Crippen molar-refractivity contribution in [3.8, 4) is 0 Å². The lowest BCUT2D eigenvalue weighted by molar-refractivity contribution is -0.145. The molecule has 0 aromatic carbocycles. The monoisotopic (exact) mass is 343 g/mol. The predicted octanol–water partition coefficient (Wildman–Crippen LogP) is 0.766. The molecule has 1 aliphatic rings. The lowest BCUT2D eigenvalue weighted by Crippen LogP contribution is -2.57. The van der Waals surface area contributed by atoms with Gasteiger partial charge in [0.1, 0.15) is 6.04 Å². The Morgan fingerprint density at radius 3 is 2.29 bits per heavy atom. The number of amides is 2. The Hall–Kier alpha value is -1.83. The van der Waals surface area contributed by atoms with Crippen molar-refractivity contribution in [3.63, 3.8) is 0 Å². The van der Waals surface area contributed by atoms with E-state index in [1.807, 2.05) is 20.8 Å². The number of carboxylic acids is 1. The van der Waals surface area contributed by atoms with E-state index in [4.69, 9.17) is 4.74 Å². The van der Waals surface area contributed by atoms with Gasteiger partial charge in [0.15, 0.2) is 0 Å². The van der Waals surface area contributed by atoms with Crippen LogP contribution in [0.3, 0.4) is 0 Å². The molecule has 1 fully saturated rings. The van der Waals surface area contributed by atoms with Crippen LogP contribution in [-0.4, -0.2) is 78.2 Å². The van der Waals surface area contributed by atoms with Crippen LogP contribution in [0.5, 0.6) is 0 Å². The quantitative estimate of drug-likeness (QED) is 0.632. The second kappa shape index (κ2) is 10.1. The Kier molecular flexibility index (Phi) is 8.53. The van der Waals surface area contributed by atoms with Crippen molar-refractivity contribution in [3.05, 3.63) is 0 Å². The summed E-state index contributed by atoms with van der Waals surface area (Å²) in [6.45, 7) is 7.96. The van der Waals surface area contributed by atoms with E-state index in [-0.39, 0.29) is 18.4 Å². The van der Waals surface area contributed by atoms with Gasteiger partial charge in [-0.15, -0.1) is 0 Å². The van der Waals surface area contributed by atoms with Gasteiger partial charge < -0.3 is 20.1 Å². The molecule has 1 aliphatic heterocycles. The normalized spacial score (nSPS) is 16.8. The van der Waals surface area contributed by atoms with Crippen LogP contribution in [0, 0.1) is 5.92 Å². The standard InChI is InChI=1S/C16H29N3O5/c1-4-5-10-24-16(23)17-11-13(15(21)22)18-6-8-19(9-7-18)14(20)12(2)3/h12-13H,4-11H2,1-3H3,(H,17,23)(H,21,22). The van der Waals surface area contributed by atoms with Gasteiger partial charge in [0, 0.05) is 38.6 Å². The number of rotatable bonds is 8. The zero-order valence-electron chi connectivity index (χ0n) is 14.8. The summed E-state index contributed by atoms with van der Waals surface area (Å²) >= 11 is 0. The van der Waals surface area contributed by atoms with Crippen LogP contribution in [0.4, 0.5) is 4.79 Å². The molecule has 1 heterocycles. The average Bonchev–Trinajstić information content (AvgIpc) is 2.54. The van der Waals surface area contributed by atoms with Gasteiger partial charge in [0.05, 0.1) is 6.61 Å². The van der Waals surface area contributed by atoms with Crippen molar-refractivity contribution in [1.82, 2.24) is 15.1 Å².